The number of esters is 1. The molecule has 3 rings (SSSR count). The van der Waals surface area contributed by atoms with Crippen LogP contribution in [0.2, 0.25) is 0 Å². The lowest BCUT2D eigenvalue weighted by Gasteiger charge is -2.13. The fraction of sp³-hybridized carbons (Fsp3) is 0.611. The number of aromatic amines is 1. The molecule has 0 aromatic carbocycles. The van der Waals surface area contributed by atoms with Gasteiger partial charge in [-0.1, -0.05) is 28.0 Å². The molecule has 1 N–H and O–H groups in total. The van der Waals surface area contributed by atoms with Crippen LogP contribution in [0.15, 0.2) is 4.79 Å². The first-order valence-electron chi connectivity index (χ1n) is 8.93. The minimum Gasteiger partial charge on any atom is -0.454 e. The van der Waals surface area contributed by atoms with Crippen LogP contribution in [-0.4, -0.2) is 26.9 Å². The van der Waals surface area contributed by atoms with Crippen molar-refractivity contribution < 1.29 is 9.53 Å². The molecule has 0 unspecified atom stereocenters. The largest absolute Gasteiger partial charge is 0.454 e. The van der Waals surface area contributed by atoms with Crippen molar-refractivity contribution >= 4 is 49.1 Å². The molecule has 8 heteroatoms. The Balaban J connectivity index is 1.53. The minimum atomic E-state index is -0.552. The maximum Gasteiger partial charge on any atom is 0.306 e. The number of rotatable bonds is 7. The summed E-state index contributed by atoms with van der Waals surface area (Å²) in [5.41, 5.74) is 0.801. The predicted octanol–water partition coefficient (Wildman–Crippen LogP) is 4.92. The van der Waals surface area contributed by atoms with E-state index < -0.39 is 6.10 Å². The van der Waals surface area contributed by atoms with Crippen LogP contribution >= 0.6 is 32.9 Å². The van der Waals surface area contributed by atoms with E-state index in [1.165, 1.54) is 29.9 Å². The van der Waals surface area contributed by atoms with E-state index >= 15 is 0 Å². The van der Waals surface area contributed by atoms with Crippen molar-refractivity contribution in [3.8, 4) is 0 Å². The summed E-state index contributed by atoms with van der Waals surface area (Å²) in [5, 5.41) is 1.38. The minimum absolute atomic E-state index is 0.165. The molecule has 1 aliphatic rings. The molecule has 1 saturated heterocycles. The Bertz CT molecular complexity index is 840. The van der Waals surface area contributed by atoms with Crippen molar-refractivity contribution in [3.05, 3.63) is 26.6 Å². The molecule has 142 valence electrons. The Morgan fingerprint density at radius 2 is 2.19 bits per heavy atom. The van der Waals surface area contributed by atoms with Gasteiger partial charge in [-0.15, -0.1) is 11.3 Å². The first kappa shape index (κ1) is 19.8. The zero-order valence-corrected chi connectivity index (χ0v) is 17.7. The number of aryl methyl sites for hydroxylation is 2. The summed E-state index contributed by atoms with van der Waals surface area (Å²) >= 11 is 1.50. The average molecular weight is 413 g/mol. The number of nitrogens with one attached hydrogen (secondary N) is 1. The highest BCUT2D eigenvalue weighted by atomic mass is 33.1. The third kappa shape index (κ3) is 4.64. The highest BCUT2D eigenvalue weighted by molar-refractivity contribution is 8.77. The molecule has 5 nitrogen and oxygen atoms in total. The third-order valence-electron chi connectivity index (χ3n) is 4.63. The molecule has 0 saturated carbocycles. The number of carbonyl (C=O) groups is 1. The van der Waals surface area contributed by atoms with E-state index in [-0.39, 0.29) is 11.5 Å². The number of thiophene rings is 1. The molecule has 0 bridgehead atoms. The lowest BCUT2D eigenvalue weighted by Crippen LogP contribution is -2.17. The molecule has 0 aliphatic carbocycles. The molecule has 2 aromatic rings. The van der Waals surface area contributed by atoms with E-state index in [0.29, 0.717) is 22.5 Å². The van der Waals surface area contributed by atoms with E-state index in [1.54, 1.807) is 6.92 Å². The highest BCUT2D eigenvalue weighted by Crippen LogP contribution is 2.39. The van der Waals surface area contributed by atoms with Crippen molar-refractivity contribution in [1.29, 1.82) is 0 Å². The van der Waals surface area contributed by atoms with Crippen molar-refractivity contribution in [2.75, 3.05) is 5.75 Å². The van der Waals surface area contributed by atoms with Gasteiger partial charge in [0.1, 0.15) is 4.83 Å². The van der Waals surface area contributed by atoms with Crippen LogP contribution < -0.4 is 5.56 Å². The number of H-pyrrole nitrogens is 1. The highest BCUT2D eigenvalue weighted by Gasteiger charge is 2.19. The summed E-state index contributed by atoms with van der Waals surface area (Å²) in [6.07, 6.45) is 4.21. The molecule has 0 radical (unpaired) electrons. The third-order valence-corrected chi connectivity index (χ3v) is 8.74. The molecule has 0 amide bonds. The normalized spacial score (nSPS) is 18.3. The van der Waals surface area contributed by atoms with Gasteiger partial charge in [-0.25, -0.2) is 4.98 Å². The van der Waals surface area contributed by atoms with E-state index in [0.717, 1.165) is 28.5 Å². The van der Waals surface area contributed by atoms with E-state index in [2.05, 4.69) is 9.97 Å². The fourth-order valence-corrected chi connectivity index (χ4v) is 7.05. The molecule has 1 aliphatic heterocycles. The molecule has 3 heterocycles. The van der Waals surface area contributed by atoms with Gasteiger partial charge >= 0.3 is 5.97 Å². The van der Waals surface area contributed by atoms with Crippen molar-refractivity contribution in [2.45, 2.75) is 64.2 Å². The smallest absolute Gasteiger partial charge is 0.306 e. The maximum atomic E-state index is 12.3. The Morgan fingerprint density at radius 3 is 2.92 bits per heavy atom. The molecule has 0 spiro atoms. The number of carbonyl (C=O) groups excluding carboxylic acids is 1. The lowest BCUT2D eigenvalue weighted by molar-refractivity contribution is -0.149. The second kappa shape index (κ2) is 8.80. The van der Waals surface area contributed by atoms with Crippen LogP contribution in [0.25, 0.3) is 10.2 Å². The SMILES string of the molecule is Cc1sc2nc([C@H](C)OC(=O)CCCC[C@H]3CCSS3)[nH]c(=O)c2c1C. The zero-order valence-electron chi connectivity index (χ0n) is 15.3. The summed E-state index contributed by atoms with van der Waals surface area (Å²) in [4.78, 5) is 33.5. The van der Waals surface area contributed by atoms with Crippen LogP contribution in [0.3, 0.4) is 0 Å². The van der Waals surface area contributed by atoms with Crippen LogP contribution in [0.4, 0.5) is 0 Å². The average Bonchev–Trinajstić information content (AvgIpc) is 3.20. The number of unbranched alkanes of at least 4 members (excludes halogenated alkanes) is 1. The number of hydrogen-bond donors (Lipinski definition) is 1. The Kier molecular flexibility index (Phi) is 6.69. The van der Waals surface area contributed by atoms with E-state index in [1.807, 2.05) is 35.4 Å². The van der Waals surface area contributed by atoms with Gasteiger partial charge in [0.2, 0.25) is 0 Å². The first-order chi connectivity index (χ1) is 12.5. The number of nitrogens with zero attached hydrogens (tertiary/aromatic N) is 1. The number of ether oxygens (including phenoxy) is 1. The van der Waals surface area contributed by atoms with Crippen LogP contribution in [0.5, 0.6) is 0 Å². The molecule has 2 aromatic heterocycles. The summed E-state index contributed by atoms with van der Waals surface area (Å²) in [6, 6.07) is 0. The van der Waals surface area contributed by atoms with Gasteiger partial charge in [0.25, 0.3) is 5.56 Å². The molecule has 1 fully saturated rings. The van der Waals surface area contributed by atoms with Crippen LogP contribution in [-0.2, 0) is 9.53 Å². The van der Waals surface area contributed by atoms with E-state index in [4.69, 9.17) is 4.74 Å². The number of aromatic nitrogens is 2. The Hall–Kier alpha value is -0.990. The van der Waals surface area contributed by atoms with Gasteiger partial charge in [-0.2, -0.15) is 0 Å². The molecular weight excluding hydrogens is 388 g/mol. The second-order valence-electron chi connectivity index (χ2n) is 6.62. The number of hydrogen-bond acceptors (Lipinski definition) is 7. The van der Waals surface area contributed by atoms with Gasteiger partial charge in [0, 0.05) is 22.3 Å². The van der Waals surface area contributed by atoms with Gasteiger partial charge in [-0.05, 0) is 45.6 Å². The van der Waals surface area contributed by atoms with Crippen molar-refractivity contribution in [3.63, 3.8) is 0 Å². The zero-order chi connectivity index (χ0) is 18.7. The van der Waals surface area contributed by atoms with E-state index in [9.17, 15) is 9.59 Å². The fourth-order valence-electron chi connectivity index (χ4n) is 2.98. The Morgan fingerprint density at radius 1 is 1.38 bits per heavy atom. The van der Waals surface area contributed by atoms with Crippen LogP contribution in [0.1, 0.15) is 61.4 Å². The van der Waals surface area contributed by atoms with Gasteiger partial charge in [-0.3, -0.25) is 9.59 Å². The molecular formula is C18H24N2O3S3. The molecule has 26 heavy (non-hydrogen) atoms. The van der Waals surface area contributed by atoms with Crippen LogP contribution in [0, 0.1) is 13.8 Å². The maximum absolute atomic E-state index is 12.3. The van der Waals surface area contributed by atoms with Gasteiger partial charge < -0.3 is 9.72 Å². The summed E-state index contributed by atoms with van der Waals surface area (Å²) < 4.78 is 5.47. The molecule has 2 atom stereocenters. The summed E-state index contributed by atoms with van der Waals surface area (Å²) in [7, 11) is 3.92. The first-order valence-corrected chi connectivity index (χ1v) is 12.1. The monoisotopic (exact) mass is 412 g/mol. The second-order valence-corrected chi connectivity index (χ2v) is 10.6. The summed E-state index contributed by atoms with van der Waals surface area (Å²) in [6.45, 7) is 5.66. The van der Waals surface area contributed by atoms with Crippen molar-refractivity contribution in [1.82, 2.24) is 9.97 Å². The number of fused-ring (bicyclic) bond motifs is 1. The lowest BCUT2D eigenvalue weighted by atomic mass is 10.1. The predicted molar refractivity (Wildman–Crippen MR) is 111 cm³/mol. The standard InChI is InChI=1S/C18H24N2O3S3/c1-10-12(3)25-18-15(10)17(22)19-16(20-18)11(2)23-14(21)7-5-4-6-13-8-9-24-26-13/h11,13H,4-9H2,1-3H3,(H,19,20,22)/t11-,13-/m0/s1. The topological polar surface area (TPSA) is 72.0 Å². The van der Waals surface area contributed by atoms with Gasteiger partial charge in [0.05, 0.1) is 5.39 Å². The quantitative estimate of drug-likeness (QED) is 0.395. The summed E-state index contributed by atoms with van der Waals surface area (Å²) in [5.74, 6) is 1.43. The van der Waals surface area contributed by atoms with Gasteiger partial charge in [0.15, 0.2) is 11.9 Å². The van der Waals surface area contributed by atoms with Crippen molar-refractivity contribution in [2.24, 2.45) is 0 Å². The Labute approximate surface area is 165 Å².